The molecular formula is C40H48F2O. The van der Waals surface area contributed by atoms with Gasteiger partial charge >= 0.3 is 0 Å². The summed E-state index contributed by atoms with van der Waals surface area (Å²) >= 11 is 0. The Balaban J connectivity index is 1.33. The summed E-state index contributed by atoms with van der Waals surface area (Å²) in [5, 5.41) is 0. The highest BCUT2D eigenvalue weighted by atomic mass is 19.2. The molecule has 0 aliphatic rings. The average Bonchev–Trinajstić information content (AvgIpc) is 3.04. The van der Waals surface area contributed by atoms with Crippen molar-refractivity contribution in [1.82, 2.24) is 0 Å². The van der Waals surface area contributed by atoms with Gasteiger partial charge in [0, 0.05) is 11.1 Å². The van der Waals surface area contributed by atoms with Crippen LogP contribution in [0.15, 0.2) is 84.9 Å². The molecule has 0 aliphatic heterocycles. The molecule has 0 amide bonds. The van der Waals surface area contributed by atoms with Crippen LogP contribution in [-0.4, -0.2) is 6.61 Å². The molecule has 0 radical (unpaired) electrons. The molecular weight excluding hydrogens is 534 g/mol. The molecule has 0 aromatic heterocycles. The summed E-state index contributed by atoms with van der Waals surface area (Å²) in [5.41, 5.74) is 5.35. The summed E-state index contributed by atoms with van der Waals surface area (Å²) in [6.07, 6.45) is 16.2. The van der Waals surface area contributed by atoms with Crippen LogP contribution in [-0.2, 0) is 6.42 Å². The van der Waals surface area contributed by atoms with Crippen LogP contribution in [0.4, 0.5) is 8.78 Å². The first-order valence-electron chi connectivity index (χ1n) is 16.5. The highest BCUT2D eigenvalue weighted by Gasteiger charge is 2.16. The molecule has 0 saturated carbocycles. The summed E-state index contributed by atoms with van der Waals surface area (Å²) in [7, 11) is 0. The topological polar surface area (TPSA) is 9.23 Å². The van der Waals surface area contributed by atoms with E-state index in [1.54, 1.807) is 24.3 Å². The highest BCUT2D eigenvalue weighted by Crippen LogP contribution is 2.33. The Kier molecular flexibility index (Phi) is 13.3. The van der Waals surface area contributed by atoms with E-state index in [1.807, 2.05) is 36.4 Å². The van der Waals surface area contributed by atoms with Gasteiger partial charge < -0.3 is 4.74 Å². The standard InChI is InChI=1S/C40H48F2O/c1-3-5-7-9-11-13-15-31-16-18-32(19-17-31)33-20-22-34(23-21-33)37-28-29-38(40(42)39(37)41)35-24-26-36(27-25-35)43-30-14-12-10-8-6-4-2/h16-29H,3-15,30H2,1-2H3. The molecule has 1 nitrogen and oxygen atoms in total. The van der Waals surface area contributed by atoms with E-state index in [0.717, 1.165) is 29.7 Å². The van der Waals surface area contributed by atoms with Crippen molar-refractivity contribution in [2.75, 3.05) is 6.61 Å². The lowest BCUT2D eigenvalue weighted by Crippen LogP contribution is -1.97. The van der Waals surface area contributed by atoms with Crippen molar-refractivity contribution in [2.45, 2.75) is 97.3 Å². The molecule has 4 aromatic carbocycles. The van der Waals surface area contributed by atoms with Crippen molar-refractivity contribution in [2.24, 2.45) is 0 Å². The zero-order valence-corrected chi connectivity index (χ0v) is 26.1. The Hall–Kier alpha value is -3.46. The summed E-state index contributed by atoms with van der Waals surface area (Å²) in [4.78, 5) is 0. The van der Waals surface area contributed by atoms with Gasteiger partial charge in [-0.1, -0.05) is 151 Å². The Labute approximate surface area is 258 Å². The van der Waals surface area contributed by atoms with Crippen LogP contribution in [0, 0.1) is 11.6 Å². The fraction of sp³-hybridized carbons (Fsp3) is 0.400. The minimum absolute atomic E-state index is 0.251. The smallest absolute Gasteiger partial charge is 0.167 e. The maximum atomic E-state index is 15.3. The van der Waals surface area contributed by atoms with E-state index >= 15 is 8.78 Å². The Bertz CT molecular complexity index is 1360. The second kappa shape index (κ2) is 17.6. The molecule has 0 fully saturated rings. The first-order chi connectivity index (χ1) is 21.1. The van der Waals surface area contributed by atoms with Crippen molar-refractivity contribution in [3.8, 4) is 39.1 Å². The number of hydrogen-bond donors (Lipinski definition) is 0. The lowest BCUT2D eigenvalue weighted by molar-refractivity contribution is 0.304. The van der Waals surface area contributed by atoms with Crippen molar-refractivity contribution in [1.29, 1.82) is 0 Å². The minimum atomic E-state index is -0.830. The average molecular weight is 583 g/mol. The first-order valence-corrected chi connectivity index (χ1v) is 16.5. The van der Waals surface area contributed by atoms with Crippen LogP contribution in [0.2, 0.25) is 0 Å². The van der Waals surface area contributed by atoms with Gasteiger partial charge in [0.2, 0.25) is 0 Å². The fourth-order valence-electron chi connectivity index (χ4n) is 5.61. The van der Waals surface area contributed by atoms with Crippen LogP contribution in [0.1, 0.15) is 96.5 Å². The van der Waals surface area contributed by atoms with Crippen LogP contribution in [0.3, 0.4) is 0 Å². The first kappa shape index (κ1) is 32.5. The summed E-state index contributed by atoms with van der Waals surface area (Å²) in [6.45, 7) is 5.14. The van der Waals surface area contributed by atoms with Gasteiger partial charge in [0.1, 0.15) is 5.75 Å². The van der Waals surface area contributed by atoms with Gasteiger partial charge in [-0.15, -0.1) is 0 Å². The number of unbranched alkanes of at least 4 members (excludes halogenated alkanes) is 10. The van der Waals surface area contributed by atoms with Gasteiger partial charge in [0.15, 0.2) is 11.6 Å². The number of benzene rings is 4. The Morgan fingerprint density at radius 1 is 0.442 bits per heavy atom. The zero-order valence-electron chi connectivity index (χ0n) is 26.1. The summed E-state index contributed by atoms with van der Waals surface area (Å²) in [5.74, 6) is -0.904. The molecule has 4 rings (SSSR count). The minimum Gasteiger partial charge on any atom is -0.494 e. The summed E-state index contributed by atoms with van der Waals surface area (Å²) < 4.78 is 36.4. The Morgan fingerprint density at radius 3 is 1.40 bits per heavy atom. The molecule has 0 spiro atoms. The van der Waals surface area contributed by atoms with Gasteiger partial charge in [-0.2, -0.15) is 0 Å². The number of hydrogen-bond acceptors (Lipinski definition) is 1. The lowest BCUT2D eigenvalue weighted by atomic mass is 9.96. The second-order valence-corrected chi connectivity index (χ2v) is 11.7. The van der Waals surface area contributed by atoms with E-state index in [-0.39, 0.29) is 11.1 Å². The molecule has 0 bridgehead atoms. The monoisotopic (exact) mass is 582 g/mol. The van der Waals surface area contributed by atoms with E-state index in [4.69, 9.17) is 4.74 Å². The van der Waals surface area contributed by atoms with E-state index in [1.165, 1.54) is 76.2 Å². The third kappa shape index (κ3) is 9.78. The van der Waals surface area contributed by atoms with Crippen LogP contribution in [0.25, 0.3) is 33.4 Å². The number of aryl methyl sites for hydroxylation is 1. The molecule has 0 unspecified atom stereocenters. The van der Waals surface area contributed by atoms with Gasteiger partial charge in [0.25, 0.3) is 0 Å². The maximum Gasteiger partial charge on any atom is 0.167 e. The molecule has 4 aromatic rings. The molecule has 0 heterocycles. The third-order valence-corrected chi connectivity index (χ3v) is 8.32. The zero-order chi connectivity index (χ0) is 30.3. The normalized spacial score (nSPS) is 11.2. The SMILES string of the molecule is CCCCCCCCOc1ccc(-c2ccc(-c3ccc(-c4ccc(CCCCCCCC)cc4)cc3)c(F)c2F)cc1. The van der Waals surface area contributed by atoms with Crippen LogP contribution >= 0.6 is 0 Å². The van der Waals surface area contributed by atoms with E-state index in [0.29, 0.717) is 17.7 Å². The lowest BCUT2D eigenvalue weighted by Gasteiger charge is -2.11. The van der Waals surface area contributed by atoms with Crippen LogP contribution in [0.5, 0.6) is 5.75 Å². The van der Waals surface area contributed by atoms with Gasteiger partial charge in [-0.3, -0.25) is 0 Å². The number of halogens is 2. The predicted octanol–water partition coefficient (Wildman–Crippen LogP) is 12.6. The molecule has 0 N–H and O–H groups in total. The van der Waals surface area contributed by atoms with Gasteiger partial charge in [-0.25, -0.2) is 8.78 Å². The van der Waals surface area contributed by atoms with Crippen molar-refractivity contribution in [3.05, 3.63) is 102 Å². The number of ether oxygens (including phenoxy) is 1. The van der Waals surface area contributed by atoms with E-state index in [9.17, 15) is 0 Å². The van der Waals surface area contributed by atoms with Crippen molar-refractivity contribution >= 4 is 0 Å². The quantitative estimate of drug-likeness (QED) is 0.106. The molecule has 0 aliphatic carbocycles. The van der Waals surface area contributed by atoms with Gasteiger partial charge in [-0.05, 0) is 59.2 Å². The molecule has 228 valence electrons. The molecule has 3 heteroatoms. The largest absolute Gasteiger partial charge is 0.494 e. The van der Waals surface area contributed by atoms with Crippen molar-refractivity contribution < 1.29 is 13.5 Å². The molecule has 0 atom stereocenters. The number of rotatable bonds is 18. The maximum absolute atomic E-state index is 15.3. The second-order valence-electron chi connectivity index (χ2n) is 11.7. The van der Waals surface area contributed by atoms with E-state index in [2.05, 4.69) is 38.1 Å². The van der Waals surface area contributed by atoms with Crippen LogP contribution < -0.4 is 4.74 Å². The highest BCUT2D eigenvalue weighted by molar-refractivity contribution is 5.74. The van der Waals surface area contributed by atoms with Crippen molar-refractivity contribution in [3.63, 3.8) is 0 Å². The Morgan fingerprint density at radius 2 is 0.860 bits per heavy atom. The predicted molar refractivity (Wildman–Crippen MR) is 179 cm³/mol. The van der Waals surface area contributed by atoms with Gasteiger partial charge in [0.05, 0.1) is 6.61 Å². The fourth-order valence-corrected chi connectivity index (χ4v) is 5.61. The third-order valence-electron chi connectivity index (χ3n) is 8.32. The molecule has 0 saturated heterocycles. The summed E-state index contributed by atoms with van der Waals surface area (Å²) in [6, 6.07) is 27.0. The van der Waals surface area contributed by atoms with E-state index < -0.39 is 11.6 Å². The molecule has 43 heavy (non-hydrogen) atoms.